The molecule has 0 aromatic rings. The van der Waals surface area contributed by atoms with E-state index in [-0.39, 0.29) is 53.2 Å². The number of rotatable bonds is 3. The van der Waals surface area contributed by atoms with Gasteiger partial charge in [0.25, 0.3) is 0 Å². The van der Waals surface area contributed by atoms with Crippen LogP contribution >= 0.6 is 0 Å². The van der Waals surface area contributed by atoms with Crippen LogP contribution in [0.1, 0.15) is 41.0 Å². The van der Waals surface area contributed by atoms with Crippen molar-refractivity contribution >= 4 is 20.3 Å². The molecule has 3 aliphatic heterocycles. The molecule has 2 fully saturated rings. The first-order valence-corrected chi connectivity index (χ1v) is 14.2. The third kappa shape index (κ3) is 3.69. The Kier molecular flexibility index (Phi) is 5.28. The summed E-state index contributed by atoms with van der Waals surface area (Å²) in [5.41, 5.74) is 0.137. The molecule has 31 heavy (non-hydrogen) atoms. The lowest BCUT2D eigenvalue weighted by Gasteiger charge is -2.43. The van der Waals surface area contributed by atoms with Gasteiger partial charge < -0.3 is 18.6 Å². The summed E-state index contributed by atoms with van der Waals surface area (Å²) in [5.74, 6) is -1.08. The molecule has 174 valence electrons. The molecule has 0 spiro atoms. The third-order valence-electron chi connectivity index (χ3n) is 8.12. The van der Waals surface area contributed by atoms with Gasteiger partial charge >= 0.3 is 11.9 Å². The van der Waals surface area contributed by atoms with Crippen molar-refractivity contribution in [3.8, 4) is 0 Å². The maximum atomic E-state index is 13.1. The van der Waals surface area contributed by atoms with E-state index in [4.69, 9.17) is 18.6 Å². The molecule has 7 nitrogen and oxygen atoms in total. The van der Waals surface area contributed by atoms with Gasteiger partial charge in [-0.05, 0) is 45.2 Å². The number of esters is 2. The zero-order chi connectivity index (χ0) is 23.1. The smallest absolute Gasteiger partial charge is 0.336 e. The van der Waals surface area contributed by atoms with Crippen molar-refractivity contribution in [2.75, 3.05) is 14.1 Å². The summed E-state index contributed by atoms with van der Waals surface area (Å²) in [7, 11) is 1.76. The summed E-state index contributed by atoms with van der Waals surface area (Å²) in [6, 6.07) is -0.289. The highest BCUT2D eigenvalue weighted by Crippen LogP contribution is 2.52. The van der Waals surface area contributed by atoms with Crippen LogP contribution in [0.15, 0.2) is 11.6 Å². The Hall–Kier alpha value is -1.22. The molecule has 8 heteroatoms. The molecule has 4 aliphatic rings. The Morgan fingerprint density at radius 2 is 1.84 bits per heavy atom. The summed E-state index contributed by atoms with van der Waals surface area (Å²) in [5, 5.41) is 0.0130. The van der Waals surface area contributed by atoms with Gasteiger partial charge in [-0.15, -0.1) is 0 Å². The van der Waals surface area contributed by atoms with Crippen molar-refractivity contribution in [2.45, 2.75) is 95.2 Å². The Morgan fingerprint density at radius 1 is 1.19 bits per heavy atom. The lowest BCUT2D eigenvalue weighted by molar-refractivity contribution is -0.144. The average Bonchev–Trinajstić information content (AvgIpc) is 3.01. The molecule has 4 rings (SSSR count). The Bertz CT molecular complexity index is 817. The largest absolute Gasteiger partial charge is 0.462 e. The normalized spacial score (nSPS) is 42.5. The van der Waals surface area contributed by atoms with Crippen LogP contribution < -0.4 is 0 Å². The number of fused-ring (bicyclic) bond motifs is 4. The van der Waals surface area contributed by atoms with Crippen LogP contribution in [0.5, 0.6) is 0 Å². The number of carbonyl (C=O) groups excluding carboxylic acids is 2. The molecule has 0 aromatic carbocycles. The lowest BCUT2D eigenvalue weighted by Crippen LogP contribution is -2.54. The first kappa shape index (κ1) is 23.0. The van der Waals surface area contributed by atoms with Crippen molar-refractivity contribution in [3.05, 3.63) is 11.6 Å². The minimum absolute atomic E-state index is 0.0130. The quantitative estimate of drug-likeness (QED) is 0.371. The highest BCUT2D eigenvalue weighted by Gasteiger charge is 2.65. The molecule has 0 amide bonds. The zero-order valence-corrected chi connectivity index (χ0v) is 21.2. The predicted molar refractivity (Wildman–Crippen MR) is 118 cm³/mol. The van der Waals surface area contributed by atoms with E-state index in [1.54, 1.807) is 0 Å². The van der Waals surface area contributed by atoms with Crippen molar-refractivity contribution < 1.29 is 28.2 Å². The van der Waals surface area contributed by atoms with E-state index in [0.29, 0.717) is 12.0 Å². The van der Waals surface area contributed by atoms with E-state index in [1.807, 2.05) is 32.0 Å². The van der Waals surface area contributed by atoms with Gasteiger partial charge in [-0.3, -0.25) is 9.69 Å². The number of nitrogens with zero attached hydrogens (tertiary/aromatic N) is 1. The van der Waals surface area contributed by atoms with Crippen molar-refractivity contribution in [2.24, 2.45) is 11.8 Å². The van der Waals surface area contributed by atoms with Gasteiger partial charge in [0.2, 0.25) is 0 Å². The summed E-state index contributed by atoms with van der Waals surface area (Å²) >= 11 is 0. The van der Waals surface area contributed by atoms with Crippen LogP contribution in [0.4, 0.5) is 0 Å². The monoisotopic (exact) mass is 451 g/mol. The van der Waals surface area contributed by atoms with Gasteiger partial charge in [-0.1, -0.05) is 27.7 Å². The van der Waals surface area contributed by atoms with E-state index in [0.717, 1.165) is 0 Å². The lowest BCUT2D eigenvalue weighted by atomic mass is 9.80. The van der Waals surface area contributed by atoms with Crippen LogP contribution in [0.3, 0.4) is 0 Å². The van der Waals surface area contributed by atoms with E-state index >= 15 is 0 Å². The molecule has 0 aromatic heterocycles. The van der Waals surface area contributed by atoms with Gasteiger partial charge in [-0.2, -0.15) is 0 Å². The van der Waals surface area contributed by atoms with Gasteiger partial charge in [-0.25, -0.2) is 4.79 Å². The fraction of sp³-hybridized carbons (Fsp3) is 0.826. The Morgan fingerprint density at radius 3 is 2.42 bits per heavy atom. The maximum Gasteiger partial charge on any atom is 0.336 e. The molecular weight excluding hydrogens is 414 g/mol. The second-order valence-electron chi connectivity index (χ2n) is 11.6. The molecule has 1 aliphatic carbocycles. The fourth-order valence-electron chi connectivity index (χ4n) is 5.16. The first-order valence-electron chi connectivity index (χ1n) is 11.3. The van der Waals surface area contributed by atoms with Crippen molar-refractivity contribution in [1.29, 1.82) is 0 Å². The van der Waals surface area contributed by atoms with Crippen LogP contribution in [0, 0.1) is 11.8 Å². The number of hydrogen-bond acceptors (Lipinski definition) is 7. The van der Waals surface area contributed by atoms with E-state index in [9.17, 15) is 9.59 Å². The zero-order valence-electron chi connectivity index (χ0n) is 20.2. The highest BCUT2D eigenvalue weighted by molar-refractivity contribution is 6.74. The van der Waals surface area contributed by atoms with Gasteiger partial charge in [0.15, 0.2) is 8.32 Å². The summed E-state index contributed by atoms with van der Waals surface area (Å²) in [4.78, 5) is 27.5. The minimum atomic E-state index is -2.17. The highest BCUT2D eigenvalue weighted by atomic mass is 28.4. The van der Waals surface area contributed by atoms with E-state index < -0.39 is 20.0 Å². The molecule has 0 radical (unpaired) electrons. The Labute approximate surface area is 186 Å². The average molecular weight is 452 g/mol. The molecule has 1 unspecified atom stereocenters. The molecule has 2 saturated heterocycles. The SMILES string of the molecule is CC1C(=O)O[C@H]2C[C@]3(C)O[C@H]3[C@H](O[Si](C)(C)C(C)(C)C)[C@@H](N(C)C)C3=C[C@@H](OC3=O)[C@H]12. The van der Waals surface area contributed by atoms with Crippen LogP contribution in [-0.4, -0.2) is 75.3 Å². The van der Waals surface area contributed by atoms with Gasteiger partial charge in [0.05, 0.1) is 29.2 Å². The number of ether oxygens (including phenoxy) is 3. The van der Waals surface area contributed by atoms with E-state index in [2.05, 4.69) is 40.8 Å². The number of carbonyl (C=O) groups is 2. The van der Waals surface area contributed by atoms with Crippen LogP contribution in [0.25, 0.3) is 0 Å². The summed E-state index contributed by atoms with van der Waals surface area (Å²) < 4.78 is 24.8. The minimum Gasteiger partial charge on any atom is -0.462 e. The van der Waals surface area contributed by atoms with Crippen LogP contribution in [0.2, 0.25) is 18.1 Å². The summed E-state index contributed by atoms with van der Waals surface area (Å²) in [6.45, 7) is 15.0. The van der Waals surface area contributed by atoms with Gasteiger partial charge in [0.1, 0.15) is 18.3 Å². The van der Waals surface area contributed by atoms with E-state index in [1.165, 1.54) is 0 Å². The molecule has 8 atom stereocenters. The van der Waals surface area contributed by atoms with Crippen LogP contribution in [-0.2, 0) is 28.2 Å². The second kappa shape index (κ2) is 7.14. The molecule has 3 heterocycles. The molecular formula is C23H37NO6Si. The fourth-order valence-corrected chi connectivity index (χ4v) is 6.45. The second-order valence-corrected chi connectivity index (χ2v) is 16.4. The maximum absolute atomic E-state index is 13.1. The van der Waals surface area contributed by atoms with Crippen molar-refractivity contribution in [3.63, 3.8) is 0 Å². The molecule has 0 N–H and O–H groups in total. The summed E-state index contributed by atoms with van der Waals surface area (Å²) in [6.07, 6.45) is 1.18. The van der Waals surface area contributed by atoms with Crippen molar-refractivity contribution in [1.82, 2.24) is 4.90 Å². The topological polar surface area (TPSA) is 77.6 Å². The number of likely N-dealkylation sites (N-methyl/N-ethyl adjacent to an activating group) is 1. The predicted octanol–water partition coefficient (Wildman–Crippen LogP) is 2.90. The number of epoxide rings is 1. The molecule has 2 bridgehead atoms. The third-order valence-corrected chi connectivity index (χ3v) is 12.6. The Balaban J connectivity index is 1.79. The first-order chi connectivity index (χ1) is 14.2. The number of hydrogen-bond donors (Lipinski definition) is 0. The standard InChI is InChI=1S/C23H37NO6Si/c1-12-16-14-10-13(21(26)27-14)17(24(6)7)18(30-31(8,9)22(2,3)4)19-23(5,29-19)11-15(16)28-20(12)25/h10,12,14-19H,11H2,1-9H3/t12?,14-,15+,16+,17+,18-,19+,23+/m1/s1. The van der Waals surface area contributed by atoms with Gasteiger partial charge in [0, 0.05) is 12.3 Å². The molecule has 0 saturated carbocycles.